The summed E-state index contributed by atoms with van der Waals surface area (Å²) in [6.45, 7) is 12.1. The summed E-state index contributed by atoms with van der Waals surface area (Å²) >= 11 is 0. The van der Waals surface area contributed by atoms with Gasteiger partial charge in [0.2, 0.25) is 21.7 Å². The number of ketones is 4. The first kappa shape index (κ1) is 115. The number of benzene rings is 5. The van der Waals surface area contributed by atoms with Gasteiger partial charge >= 0.3 is 23.9 Å². The molecule has 5 aromatic carbocycles. The average Bonchev–Trinajstić information content (AvgIpc) is 0.784. The number of rotatable bonds is 50. The first-order valence-corrected chi connectivity index (χ1v) is 43.8. The van der Waals surface area contributed by atoms with E-state index in [0.29, 0.717) is 6.42 Å². The van der Waals surface area contributed by atoms with Gasteiger partial charge in [-0.2, -0.15) is 0 Å². The number of esters is 4. The molecule has 0 radical (unpaired) electrons. The Balaban J connectivity index is 0.000000285. The highest BCUT2D eigenvalue weighted by molar-refractivity contribution is 6.01. The Kier molecular flexibility index (Phi) is 47.7. The highest BCUT2D eigenvalue weighted by atomic mass is 19.2. The number of methoxy groups -OCH3 is 9. The van der Waals surface area contributed by atoms with E-state index in [1.54, 1.807) is 58.9 Å². The quantitative estimate of drug-likeness (QED) is 0.0112. The minimum Gasteiger partial charge on any atom is -0.491 e. The number of aryl methyl sites for hydroxylation is 4. The molecule has 0 fully saturated rings. The van der Waals surface area contributed by atoms with E-state index in [2.05, 4.69) is 0 Å². The predicted octanol–water partition coefficient (Wildman–Crippen LogP) is 14.4. The van der Waals surface area contributed by atoms with Crippen LogP contribution in [-0.2, 0) is 115 Å². The molecule has 0 aliphatic heterocycles. The lowest BCUT2D eigenvalue weighted by Crippen LogP contribution is -2.31. The third-order valence-electron chi connectivity index (χ3n) is 20.7. The first-order valence-electron chi connectivity index (χ1n) is 43.8. The van der Waals surface area contributed by atoms with Gasteiger partial charge in [0.25, 0.3) is 0 Å². The standard InChI is InChI=1S/C28H29F2NO7.C26H33F2NO7.C23H27F2NO7.C22H25F2NO7/c1-4-37-28(34)25-27(38-17-18-8-6-5-7-9-18)26(33)21(15-31(25)16-24(35-2)36-3)23(32)13-11-19-10-12-20(29)14-22(19)30;1-6-35-26(32)23-25(36-12-11-16(2)3)24(31)19(14-29(23)15-22(33-4)34-5)21(30)10-8-17-7-9-18(27)13-20(17)28;1-5-32-22-20(23(29)33-6-2)26(13-19(30-3)31-4)12-16(21(22)28)18(27)10-8-14-7-9-15(24)11-17(14)25;1-5-32-22(28)19-21(31-4)20(27)15(11-25(19)12-18(29-2)30-3)17(26)9-7-13-6-8-14(23)10-16(13)24/h5-10,12,14-15,24H,4,11,13,16-17H2,1-3H3;7,9,13-14,16,22H,6,8,10-12,15H2,1-5H3;7,9,11-12,19H,5-6,8,10,13H2,1-4H3;6,8,10-11,18H,5,7,9,12H2,1-4H3. The fourth-order valence-electron chi connectivity index (χ4n) is 13.5. The monoisotopic (exact) mass is 1960 g/mol. The van der Waals surface area contributed by atoms with Crippen molar-refractivity contribution in [3.05, 3.63) is 288 Å². The minimum absolute atomic E-state index is 0.0348. The lowest BCUT2D eigenvalue weighted by atomic mass is 10.0. The molecule has 139 heavy (non-hydrogen) atoms. The van der Waals surface area contributed by atoms with Crippen molar-refractivity contribution in [2.24, 2.45) is 5.92 Å². The van der Waals surface area contributed by atoms with Gasteiger partial charge < -0.3 is 94.1 Å². The van der Waals surface area contributed by atoms with Gasteiger partial charge in [0, 0.05) is 132 Å². The number of carbonyl (C=O) groups excluding carboxylic acids is 8. The van der Waals surface area contributed by atoms with E-state index in [4.69, 9.17) is 75.8 Å². The van der Waals surface area contributed by atoms with E-state index in [-0.39, 0.29) is 220 Å². The maximum absolute atomic E-state index is 14.1. The van der Waals surface area contributed by atoms with Crippen LogP contribution >= 0.6 is 0 Å². The van der Waals surface area contributed by atoms with Crippen molar-refractivity contribution in [2.75, 3.05) is 104 Å². The SMILES string of the molecule is CCOC(=O)c1c(OC)c(=O)c(C(=O)CCc2ccc(F)cc2F)cn1CC(OC)OC.CCOC(=O)c1c(OCC)c(=O)c(C(=O)CCc2ccc(F)cc2F)cn1CC(OC)OC.CCOC(=O)c1c(OCCC(C)C)c(=O)c(C(=O)CCc2ccc(F)cc2F)cn1CC(OC)OC.CCOC(=O)c1c(OCc2ccccc2)c(=O)c(C(=O)CCc2ccc(F)cc2F)cn1CC(OC)OC. The van der Waals surface area contributed by atoms with Crippen LogP contribution in [0.5, 0.6) is 23.0 Å². The lowest BCUT2D eigenvalue weighted by Gasteiger charge is -2.21. The summed E-state index contributed by atoms with van der Waals surface area (Å²) < 4.78 is 198. The normalized spacial score (nSPS) is 11.1. The highest BCUT2D eigenvalue weighted by Gasteiger charge is 2.34. The fourth-order valence-corrected chi connectivity index (χ4v) is 13.5. The second kappa shape index (κ2) is 57.9. The summed E-state index contributed by atoms with van der Waals surface area (Å²) in [7, 11) is 12.4. The maximum atomic E-state index is 14.1. The molecule has 0 aliphatic carbocycles. The van der Waals surface area contributed by atoms with E-state index >= 15 is 0 Å². The third kappa shape index (κ3) is 33.0. The Labute approximate surface area is 796 Å². The van der Waals surface area contributed by atoms with Gasteiger partial charge in [-0.05, 0) is 125 Å². The van der Waals surface area contributed by atoms with E-state index in [9.17, 15) is 92.7 Å². The molecule has 0 spiro atoms. The Morgan fingerprint density at radius 1 is 0.317 bits per heavy atom. The molecule has 9 aromatic rings. The Morgan fingerprint density at radius 3 is 0.806 bits per heavy atom. The average molecular weight is 1960 g/mol. The third-order valence-corrected chi connectivity index (χ3v) is 20.7. The number of Topliss-reactive ketones (excluding diaryl/α,β-unsaturated/α-hetero) is 4. The van der Waals surface area contributed by atoms with Crippen molar-refractivity contribution in [3.8, 4) is 23.0 Å². The van der Waals surface area contributed by atoms with Gasteiger partial charge in [-0.3, -0.25) is 38.4 Å². The Hall–Kier alpha value is -13.2. The van der Waals surface area contributed by atoms with Crippen molar-refractivity contribution in [3.63, 3.8) is 0 Å². The highest BCUT2D eigenvalue weighted by Crippen LogP contribution is 2.28. The molecule has 9 rings (SSSR count). The summed E-state index contributed by atoms with van der Waals surface area (Å²) in [6, 6.07) is 21.2. The van der Waals surface area contributed by atoms with Gasteiger partial charge in [0.1, 0.15) is 53.1 Å². The number of carbonyl (C=O) groups is 8. The van der Waals surface area contributed by atoms with Gasteiger partial charge in [-0.15, -0.1) is 0 Å². The summed E-state index contributed by atoms with van der Waals surface area (Å²) in [6.07, 6.45) is 1.11. The van der Waals surface area contributed by atoms with Gasteiger partial charge in [-0.25, -0.2) is 54.3 Å². The largest absolute Gasteiger partial charge is 0.491 e. The van der Waals surface area contributed by atoms with Crippen LogP contribution in [0.25, 0.3) is 0 Å². The van der Waals surface area contributed by atoms with Crippen LogP contribution in [0.4, 0.5) is 35.1 Å². The molecule has 0 saturated heterocycles. The number of halogens is 8. The minimum atomic E-state index is -0.830. The molecule has 32 nitrogen and oxygen atoms in total. The first-order chi connectivity index (χ1) is 66.4. The van der Waals surface area contributed by atoms with Gasteiger partial charge in [0.05, 0.1) is 95.2 Å². The van der Waals surface area contributed by atoms with Crippen molar-refractivity contribution in [1.82, 2.24) is 18.3 Å². The Morgan fingerprint density at radius 2 is 0.568 bits per heavy atom. The maximum Gasteiger partial charge on any atom is 0.359 e. The topological polar surface area (TPSA) is 372 Å². The van der Waals surface area contributed by atoms with E-state index in [1.165, 1.54) is 131 Å². The molecule has 0 amide bonds. The zero-order valence-electron chi connectivity index (χ0n) is 79.9. The molecular weight excluding hydrogens is 1850 g/mol. The van der Waals surface area contributed by atoms with Crippen LogP contribution in [0.1, 0.15) is 192 Å². The number of ether oxygens (including phenoxy) is 16. The van der Waals surface area contributed by atoms with Crippen molar-refractivity contribution in [1.29, 1.82) is 0 Å². The number of hydrogen-bond acceptors (Lipinski definition) is 28. The van der Waals surface area contributed by atoms with E-state index in [0.717, 1.165) is 54.1 Å². The van der Waals surface area contributed by atoms with E-state index in [1.807, 2.05) is 19.9 Å². The molecule has 40 heteroatoms. The molecule has 0 unspecified atom stereocenters. The predicted molar refractivity (Wildman–Crippen MR) is 487 cm³/mol. The molecule has 4 aromatic heterocycles. The van der Waals surface area contributed by atoms with Crippen molar-refractivity contribution >= 4 is 47.0 Å². The Bertz CT molecular complexity index is 5930. The summed E-state index contributed by atoms with van der Waals surface area (Å²) in [5.41, 5.74) is -3.66. The van der Waals surface area contributed by atoms with Crippen LogP contribution in [-0.4, -0.2) is 194 Å². The summed E-state index contributed by atoms with van der Waals surface area (Å²) in [4.78, 5) is 156. The van der Waals surface area contributed by atoms with Crippen LogP contribution in [0.3, 0.4) is 0 Å². The van der Waals surface area contributed by atoms with Crippen molar-refractivity contribution in [2.45, 2.75) is 164 Å². The summed E-state index contributed by atoms with van der Waals surface area (Å²) in [5, 5.41) is 0. The van der Waals surface area contributed by atoms with Crippen LogP contribution < -0.4 is 40.7 Å². The molecular formula is C99H114F8N4O28. The smallest absolute Gasteiger partial charge is 0.359 e. The van der Waals surface area contributed by atoms with Crippen LogP contribution in [0.2, 0.25) is 0 Å². The zero-order chi connectivity index (χ0) is 103. The summed E-state index contributed by atoms with van der Waals surface area (Å²) in [5.74, 6) is -12.8. The molecule has 0 atom stereocenters. The van der Waals surface area contributed by atoms with Crippen LogP contribution in [0.15, 0.2) is 147 Å². The zero-order valence-corrected chi connectivity index (χ0v) is 79.9. The number of nitrogens with zero attached hydrogens (tertiary/aromatic N) is 4. The molecule has 4 heterocycles. The fraction of sp³-hybridized carbons (Fsp3) is 0.414. The van der Waals surface area contributed by atoms with Gasteiger partial charge in [0.15, 0.2) is 94.1 Å². The van der Waals surface area contributed by atoms with Gasteiger partial charge in [-0.1, -0.05) is 68.4 Å². The second-order valence-electron chi connectivity index (χ2n) is 30.4. The molecule has 0 bridgehead atoms. The molecule has 0 saturated carbocycles. The molecule has 754 valence electrons. The van der Waals surface area contributed by atoms with Crippen LogP contribution in [0, 0.1) is 52.5 Å². The molecule has 0 aliphatic rings. The number of pyridine rings is 4. The van der Waals surface area contributed by atoms with Crippen molar-refractivity contribution < 1.29 is 149 Å². The van der Waals surface area contributed by atoms with E-state index < -0.39 is 140 Å². The molecule has 0 N–H and O–H groups in total. The lowest BCUT2D eigenvalue weighted by molar-refractivity contribution is -0.111. The number of hydrogen-bond donors (Lipinski definition) is 0. The number of aromatic nitrogens is 4. The second-order valence-corrected chi connectivity index (χ2v) is 30.4.